The van der Waals surface area contributed by atoms with Gasteiger partial charge in [0.25, 0.3) is 5.91 Å². The topological polar surface area (TPSA) is 77.1 Å². The fraction of sp³-hybridized carbons (Fsp3) is 0.444. The first-order valence-corrected chi connectivity index (χ1v) is 8.30. The average molecular weight is 348 g/mol. The van der Waals surface area contributed by atoms with Gasteiger partial charge in [0.2, 0.25) is 5.76 Å². The van der Waals surface area contributed by atoms with Crippen LogP contribution in [0.5, 0.6) is 0 Å². The average Bonchev–Trinajstić information content (AvgIpc) is 2.64. The van der Waals surface area contributed by atoms with Crippen molar-refractivity contribution in [3.8, 4) is 0 Å². The van der Waals surface area contributed by atoms with Crippen molar-refractivity contribution in [2.45, 2.75) is 13.8 Å². The van der Waals surface area contributed by atoms with Crippen LogP contribution in [-0.4, -0.2) is 51.3 Å². The van der Waals surface area contributed by atoms with E-state index in [2.05, 4.69) is 23.2 Å². The number of nitrogens with one attached hydrogen (secondary N) is 1. The minimum atomic E-state index is -0.704. The summed E-state index contributed by atoms with van der Waals surface area (Å²) >= 11 is 0. The van der Waals surface area contributed by atoms with Crippen LogP contribution in [0.3, 0.4) is 0 Å². The Morgan fingerprint density at radius 1 is 1.32 bits per heavy atom. The maximum absolute atomic E-state index is 11.8. The molecule has 0 atom stereocenters. The number of rotatable bonds is 8. The number of hydrogen-bond acceptors (Lipinski definition) is 6. The number of esters is 1. The van der Waals surface area contributed by atoms with Gasteiger partial charge < -0.3 is 24.4 Å². The Balaban J connectivity index is 1.70. The molecule has 0 saturated heterocycles. The van der Waals surface area contributed by atoms with E-state index in [1.807, 2.05) is 25.1 Å². The van der Waals surface area contributed by atoms with Gasteiger partial charge in [0.05, 0.1) is 0 Å². The number of benzene rings is 1. The van der Waals surface area contributed by atoms with Crippen LogP contribution in [0, 0.1) is 6.92 Å². The van der Waals surface area contributed by atoms with E-state index >= 15 is 0 Å². The van der Waals surface area contributed by atoms with Crippen LogP contribution in [0.4, 0.5) is 5.69 Å². The summed E-state index contributed by atoms with van der Waals surface area (Å²) in [5, 5.41) is 2.74. The van der Waals surface area contributed by atoms with Gasteiger partial charge in [-0.05, 0) is 31.5 Å². The minimum absolute atomic E-state index is 0.0179. The third kappa shape index (κ3) is 6.02. The molecule has 7 heteroatoms. The zero-order valence-electron chi connectivity index (χ0n) is 14.6. The van der Waals surface area contributed by atoms with Crippen LogP contribution in [-0.2, 0) is 23.8 Å². The Kier molecular flexibility index (Phi) is 7.13. The number of hydrogen-bond donors (Lipinski definition) is 1. The summed E-state index contributed by atoms with van der Waals surface area (Å²) in [6.45, 7) is 6.40. The van der Waals surface area contributed by atoms with Crippen molar-refractivity contribution < 1.29 is 23.8 Å². The first-order chi connectivity index (χ1) is 12.1. The van der Waals surface area contributed by atoms with Gasteiger partial charge in [-0.1, -0.05) is 12.1 Å². The molecule has 0 aromatic heterocycles. The molecule has 1 amide bonds. The first kappa shape index (κ1) is 18.6. The molecule has 0 spiro atoms. The van der Waals surface area contributed by atoms with Crippen LogP contribution >= 0.6 is 0 Å². The molecule has 0 radical (unpaired) electrons. The zero-order chi connectivity index (χ0) is 18.1. The third-order valence-electron chi connectivity index (χ3n) is 3.64. The molecular formula is C18H24N2O5. The Bertz CT molecular complexity index is 630. The van der Waals surface area contributed by atoms with Crippen molar-refractivity contribution in [3.63, 3.8) is 0 Å². The van der Waals surface area contributed by atoms with Crippen LogP contribution in [0.2, 0.25) is 0 Å². The van der Waals surface area contributed by atoms with Crippen molar-refractivity contribution in [2.24, 2.45) is 0 Å². The van der Waals surface area contributed by atoms with Crippen molar-refractivity contribution in [2.75, 3.05) is 44.4 Å². The second kappa shape index (κ2) is 9.56. The molecule has 1 aliphatic heterocycles. The molecule has 1 N–H and O–H groups in total. The number of carbonyl (C=O) groups excluding carboxylic acids is 2. The summed E-state index contributed by atoms with van der Waals surface area (Å²) in [6.07, 6.45) is 1.20. The van der Waals surface area contributed by atoms with E-state index < -0.39 is 5.97 Å². The molecule has 0 fully saturated rings. The van der Waals surface area contributed by atoms with Gasteiger partial charge >= 0.3 is 5.97 Å². The van der Waals surface area contributed by atoms with E-state index in [-0.39, 0.29) is 18.3 Å². The SMILES string of the molecule is CCN(CCNC(=O)COC(=O)C1=COCCO1)c1cccc(C)c1. The van der Waals surface area contributed by atoms with E-state index in [0.29, 0.717) is 26.3 Å². The quantitative estimate of drug-likeness (QED) is 0.715. The Morgan fingerprint density at radius 3 is 2.84 bits per heavy atom. The number of anilines is 1. The number of amides is 1. The second-order valence-corrected chi connectivity index (χ2v) is 5.55. The first-order valence-electron chi connectivity index (χ1n) is 8.30. The number of ether oxygens (including phenoxy) is 3. The van der Waals surface area contributed by atoms with E-state index in [9.17, 15) is 9.59 Å². The van der Waals surface area contributed by atoms with Crippen LogP contribution in [0.15, 0.2) is 36.3 Å². The Labute approximate surface area is 147 Å². The summed E-state index contributed by atoms with van der Waals surface area (Å²) in [4.78, 5) is 25.6. The fourth-order valence-electron chi connectivity index (χ4n) is 2.35. The molecule has 1 aromatic rings. The third-order valence-corrected chi connectivity index (χ3v) is 3.64. The highest BCUT2D eigenvalue weighted by Crippen LogP contribution is 2.14. The highest BCUT2D eigenvalue weighted by Gasteiger charge is 2.17. The summed E-state index contributed by atoms with van der Waals surface area (Å²) in [6, 6.07) is 8.20. The van der Waals surface area contributed by atoms with Gasteiger partial charge in [0.1, 0.15) is 19.5 Å². The zero-order valence-corrected chi connectivity index (χ0v) is 14.6. The molecule has 1 aliphatic rings. The molecule has 1 heterocycles. The smallest absolute Gasteiger partial charge is 0.377 e. The maximum Gasteiger partial charge on any atom is 0.377 e. The number of likely N-dealkylation sites (N-methyl/N-ethyl adjacent to an activating group) is 1. The second-order valence-electron chi connectivity index (χ2n) is 5.55. The fourth-order valence-corrected chi connectivity index (χ4v) is 2.35. The Morgan fingerprint density at radius 2 is 2.16 bits per heavy atom. The summed E-state index contributed by atoms with van der Waals surface area (Å²) in [5.74, 6) is -1.08. The number of aryl methyl sites for hydroxylation is 1. The molecule has 0 bridgehead atoms. The molecule has 0 saturated carbocycles. The predicted octanol–water partition coefficient (Wildman–Crippen LogP) is 1.37. The lowest BCUT2D eigenvalue weighted by Crippen LogP contribution is -2.37. The van der Waals surface area contributed by atoms with Crippen LogP contribution in [0.25, 0.3) is 0 Å². The van der Waals surface area contributed by atoms with Gasteiger partial charge in [-0.3, -0.25) is 4.79 Å². The molecule has 25 heavy (non-hydrogen) atoms. The lowest BCUT2D eigenvalue weighted by atomic mass is 10.2. The highest BCUT2D eigenvalue weighted by atomic mass is 16.6. The van der Waals surface area contributed by atoms with Crippen LogP contribution < -0.4 is 10.2 Å². The van der Waals surface area contributed by atoms with Gasteiger partial charge in [-0.2, -0.15) is 0 Å². The Hall–Kier alpha value is -2.70. The highest BCUT2D eigenvalue weighted by molar-refractivity contribution is 5.88. The molecule has 0 unspecified atom stereocenters. The van der Waals surface area contributed by atoms with E-state index in [4.69, 9.17) is 14.2 Å². The molecule has 0 aliphatic carbocycles. The number of nitrogens with zero attached hydrogens (tertiary/aromatic N) is 1. The van der Waals surface area contributed by atoms with E-state index in [1.165, 1.54) is 11.8 Å². The van der Waals surface area contributed by atoms with Crippen molar-refractivity contribution >= 4 is 17.6 Å². The van der Waals surface area contributed by atoms with E-state index in [0.717, 1.165) is 12.2 Å². The van der Waals surface area contributed by atoms with Gasteiger partial charge in [-0.15, -0.1) is 0 Å². The molecule has 136 valence electrons. The van der Waals surface area contributed by atoms with Crippen molar-refractivity contribution in [1.82, 2.24) is 5.32 Å². The molecular weight excluding hydrogens is 324 g/mol. The molecule has 1 aromatic carbocycles. The maximum atomic E-state index is 11.8. The normalized spacial score (nSPS) is 13.1. The van der Waals surface area contributed by atoms with Gasteiger partial charge in [0, 0.05) is 25.3 Å². The molecule has 7 nitrogen and oxygen atoms in total. The lowest BCUT2D eigenvalue weighted by Gasteiger charge is -2.23. The molecule has 2 rings (SSSR count). The van der Waals surface area contributed by atoms with E-state index in [1.54, 1.807) is 0 Å². The van der Waals surface area contributed by atoms with Crippen molar-refractivity contribution in [3.05, 3.63) is 41.9 Å². The van der Waals surface area contributed by atoms with Crippen molar-refractivity contribution in [1.29, 1.82) is 0 Å². The monoisotopic (exact) mass is 348 g/mol. The van der Waals surface area contributed by atoms with Gasteiger partial charge in [-0.25, -0.2) is 4.79 Å². The minimum Gasteiger partial charge on any atom is -0.493 e. The standard InChI is InChI=1S/C18H24N2O5/c1-3-20(15-6-4-5-14(2)11-15)8-7-19-17(21)13-25-18(22)16-12-23-9-10-24-16/h4-6,11-12H,3,7-10,13H2,1-2H3,(H,19,21). The lowest BCUT2D eigenvalue weighted by molar-refractivity contribution is -0.149. The summed E-state index contributed by atoms with van der Waals surface area (Å²) in [7, 11) is 0. The number of carbonyl (C=O) groups is 2. The largest absolute Gasteiger partial charge is 0.493 e. The summed E-state index contributed by atoms with van der Waals surface area (Å²) < 4.78 is 14.9. The predicted molar refractivity (Wildman–Crippen MR) is 93.0 cm³/mol. The summed E-state index contributed by atoms with van der Waals surface area (Å²) in [5.41, 5.74) is 2.31. The van der Waals surface area contributed by atoms with Crippen LogP contribution in [0.1, 0.15) is 12.5 Å². The van der Waals surface area contributed by atoms with Gasteiger partial charge in [0.15, 0.2) is 6.61 Å².